The van der Waals surface area contributed by atoms with E-state index in [1.54, 1.807) is 6.20 Å². The molecule has 4 aromatic rings. The minimum Gasteiger partial charge on any atom is -0.321 e. The number of aryl methyl sites for hydroxylation is 2. The molecule has 0 unspecified atom stereocenters. The quantitative estimate of drug-likeness (QED) is 0.612. The van der Waals surface area contributed by atoms with E-state index in [2.05, 4.69) is 20.3 Å². The van der Waals surface area contributed by atoms with Gasteiger partial charge in [-0.25, -0.2) is 15.0 Å². The summed E-state index contributed by atoms with van der Waals surface area (Å²) in [5.41, 5.74) is 3.20. The van der Waals surface area contributed by atoms with Crippen LogP contribution in [-0.4, -0.2) is 25.3 Å². The van der Waals surface area contributed by atoms with Crippen LogP contribution in [0.1, 0.15) is 20.4 Å². The number of benzene rings is 1. The van der Waals surface area contributed by atoms with Crippen molar-refractivity contribution in [1.29, 1.82) is 0 Å². The van der Waals surface area contributed by atoms with Crippen LogP contribution in [0.3, 0.4) is 0 Å². The van der Waals surface area contributed by atoms with Crippen molar-refractivity contribution in [3.8, 4) is 11.3 Å². The number of hydrogen-bond donors (Lipinski definition) is 1. The lowest BCUT2D eigenvalue weighted by molar-refractivity contribution is 0.103. The topological polar surface area (TPSA) is 72.2 Å². The van der Waals surface area contributed by atoms with Gasteiger partial charge in [0.05, 0.1) is 16.4 Å². The number of thiazole rings is 1. The zero-order chi connectivity index (χ0) is 17.4. The molecule has 0 aliphatic heterocycles. The van der Waals surface area contributed by atoms with Crippen molar-refractivity contribution in [3.05, 3.63) is 64.5 Å². The molecule has 0 aliphatic rings. The first-order chi connectivity index (χ1) is 12.1. The predicted molar refractivity (Wildman–Crippen MR) is 98.0 cm³/mol. The molecule has 1 N–H and O–H groups in total. The number of fused-ring (bicyclic) bond motifs is 1. The van der Waals surface area contributed by atoms with Crippen LogP contribution in [0.2, 0.25) is 0 Å². The van der Waals surface area contributed by atoms with E-state index in [9.17, 15) is 4.79 Å². The van der Waals surface area contributed by atoms with Gasteiger partial charge in [-0.2, -0.15) is 0 Å². The van der Waals surface area contributed by atoms with Crippen LogP contribution in [0.4, 0.5) is 5.69 Å². The van der Waals surface area contributed by atoms with Crippen LogP contribution in [0.15, 0.2) is 48.9 Å². The number of amides is 1. The molecule has 1 aromatic carbocycles. The van der Waals surface area contributed by atoms with Crippen molar-refractivity contribution in [2.45, 2.75) is 13.8 Å². The van der Waals surface area contributed by atoms with Crippen LogP contribution < -0.4 is 5.32 Å². The van der Waals surface area contributed by atoms with Crippen LogP contribution in [0, 0.1) is 13.8 Å². The fourth-order valence-electron chi connectivity index (χ4n) is 2.66. The molecule has 0 fully saturated rings. The summed E-state index contributed by atoms with van der Waals surface area (Å²) in [6.07, 6.45) is 5.53. The second-order valence-corrected chi connectivity index (χ2v) is 6.84. The molecule has 6 nitrogen and oxygen atoms in total. The first-order valence-electron chi connectivity index (χ1n) is 7.76. The molecule has 0 aliphatic carbocycles. The molecule has 0 saturated carbocycles. The molecule has 124 valence electrons. The molecule has 0 spiro atoms. The van der Waals surface area contributed by atoms with Gasteiger partial charge in [0.15, 0.2) is 0 Å². The normalized spacial score (nSPS) is 11.0. The molecular weight excluding hydrogens is 334 g/mol. The summed E-state index contributed by atoms with van der Waals surface area (Å²) in [5.74, 6) is 0.500. The van der Waals surface area contributed by atoms with E-state index in [0.29, 0.717) is 10.7 Å². The Bertz CT molecular complexity index is 1050. The summed E-state index contributed by atoms with van der Waals surface area (Å²) in [5, 5.41) is 3.82. The number of carbonyl (C=O) groups excluding carboxylic acids is 1. The summed E-state index contributed by atoms with van der Waals surface area (Å²) >= 11 is 1.40. The van der Waals surface area contributed by atoms with E-state index in [-0.39, 0.29) is 5.91 Å². The van der Waals surface area contributed by atoms with Crippen molar-refractivity contribution in [1.82, 2.24) is 19.4 Å². The van der Waals surface area contributed by atoms with Gasteiger partial charge in [-0.3, -0.25) is 9.20 Å². The maximum absolute atomic E-state index is 12.5. The summed E-state index contributed by atoms with van der Waals surface area (Å²) in [6, 6.07) is 9.47. The highest BCUT2D eigenvalue weighted by Gasteiger charge is 2.14. The van der Waals surface area contributed by atoms with Gasteiger partial charge in [0.2, 0.25) is 5.78 Å². The van der Waals surface area contributed by atoms with Crippen molar-refractivity contribution in [3.63, 3.8) is 0 Å². The molecule has 25 heavy (non-hydrogen) atoms. The van der Waals surface area contributed by atoms with E-state index >= 15 is 0 Å². The highest BCUT2D eigenvalue weighted by molar-refractivity contribution is 7.13. The Balaban J connectivity index is 1.63. The van der Waals surface area contributed by atoms with Crippen LogP contribution in [0.25, 0.3) is 17.0 Å². The molecule has 0 atom stereocenters. The maximum atomic E-state index is 12.5. The lowest BCUT2D eigenvalue weighted by Gasteiger charge is -2.05. The van der Waals surface area contributed by atoms with E-state index < -0.39 is 0 Å². The first kappa shape index (κ1) is 15.5. The highest BCUT2D eigenvalue weighted by atomic mass is 32.1. The average molecular weight is 349 g/mol. The van der Waals surface area contributed by atoms with Gasteiger partial charge in [-0.05, 0) is 32.0 Å². The van der Waals surface area contributed by atoms with Gasteiger partial charge >= 0.3 is 0 Å². The Morgan fingerprint density at radius 2 is 2.08 bits per heavy atom. The maximum Gasteiger partial charge on any atom is 0.267 e. The first-order valence-corrected chi connectivity index (χ1v) is 8.57. The molecule has 0 radical (unpaired) electrons. The predicted octanol–water partition coefficient (Wildman–Crippen LogP) is 3.72. The average Bonchev–Trinajstić information content (AvgIpc) is 3.18. The Morgan fingerprint density at radius 3 is 2.84 bits per heavy atom. The molecule has 4 rings (SSSR count). The molecule has 7 heteroatoms. The second kappa shape index (κ2) is 6.10. The lowest BCUT2D eigenvalue weighted by Crippen LogP contribution is -2.11. The largest absolute Gasteiger partial charge is 0.321 e. The summed E-state index contributed by atoms with van der Waals surface area (Å²) in [7, 11) is 0. The van der Waals surface area contributed by atoms with Gasteiger partial charge in [0, 0.05) is 29.8 Å². The van der Waals surface area contributed by atoms with E-state index in [4.69, 9.17) is 0 Å². The van der Waals surface area contributed by atoms with Crippen molar-refractivity contribution >= 4 is 28.7 Å². The van der Waals surface area contributed by atoms with Crippen LogP contribution >= 0.6 is 11.3 Å². The van der Waals surface area contributed by atoms with Gasteiger partial charge in [-0.15, -0.1) is 11.3 Å². The lowest BCUT2D eigenvalue weighted by atomic mass is 10.1. The highest BCUT2D eigenvalue weighted by Crippen LogP contribution is 2.24. The fourth-order valence-corrected chi connectivity index (χ4v) is 3.47. The molecule has 0 bridgehead atoms. The minimum atomic E-state index is -0.142. The minimum absolute atomic E-state index is 0.142. The molecular formula is C18H15N5OS. The monoisotopic (exact) mass is 349 g/mol. The Labute approximate surface area is 148 Å². The van der Waals surface area contributed by atoms with Gasteiger partial charge in [-0.1, -0.05) is 12.1 Å². The summed E-state index contributed by atoms with van der Waals surface area (Å²) in [6.45, 7) is 3.74. The number of anilines is 1. The smallest absolute Gasteiger partial charge is 0.267 e. The third-order valence-electron chi connectivity index (χ3n) is 3.76. The van der Waals surface area contributed by atoms with Crippen LogP contribution in [0.5, 0.6) is 0 Å². The van der Waals surface area contributed by atoms with E-state index in [0.717, 1.165) is 27.6 Å². The Morgan fingerprint density at radius 1 is 1.20 bits per heavy atom. The molecule has 3 aromatic heterocycles. The van der Waals surface area contributed by atoms with Gasteiger partial charge < -0.3 is 5.32 Å². The standard InChI is InChI=1S/C18H15N5OS/c1-11-16(25-12(2)20-11)17(24)21-14-6-3-5-13(9-14)15-10-23-8-4-7-19-18(23)22-15/h3-10H,1-2H3,(H,21,24). The Hall–Kier alpha value is -3.06. The summed E-state index contributed by atoms with van der Waals surface area (Å²) in [4.78, 5) is 26.1. The SMILES string of the molecule is Cc1nc(C)c(C(=O)Nc2cccc(-c3cn4cccnc4n3)c2)s1. The number of rotatable bonds is 3. The number of hydrogen-bond acceptors (Lipinski definition) is 5. The van der Waals surface area contributed by atoms with Crippen molar-refractivity contribution in [2.75, 3.05) is 5.32 Å². The molecule has 0 saturated heterocycles. The van der Waals surface area contributed by atoms with Crippen molar-refractivity contribution < 1.29 is 4.79 Å². The van der Waals surface area contributed by atoms with E-state index in [1.807, 2.05) is 61.0 Å². The second-order valence-electron chi connectivity index (χ2n) is 5.64. The number of imidazole rings is 1. The van der Waals surface area contributed by atoms with Crippen LogP contribution in [-0.2, 0) is 0 Å². The zero-order valence-corrected chi connectivity index (χ0v) is 14.5. The number of carbonyl (C=O) groups is 1. The third-order valence-corrected chi connectivity index (χ3v) is 4.83. The molecule has 1 amide bonds. The summed E-state index contributed by atoms with van der Waals surface area (Å²) < 4.78 is 1.87. The van der Waals surface area contributed by atoms with Gasteiger partial charge in [0.25, 0.3) is 5.91 Å². The van der Waals surface area contributed by atoms with Crippen molar-refractivity contribution in [2.24, 2.45) is 0 Å². The number of aromatic nitrogens is 4. The number of nitrogens with one attached hydrogen (secondary N) is 1. The molecule has 3 heterocycles. The fraction of sp³-hybridized carbons (Fsp3) is 0.111. The zero-order valence-electron chi connectivity index (χ0n) is 13.7. The van der Waals surface area contributed by atoms with E-state index in [1.165, 1.54) is 11.3 Å². The third kappa shape index (κ3) is 3.01. The van der Waals surface area contributed by atoms with Gasteiger partial charge in [0.1, 0.15) is 4.88 Å². The Kier molecular flexibility index (Phi) is 3.77. The number of nitrogens with zero attached hydrogens (tertiary/aromatic N) is 4.